The van der Waals surface area contributed by atoms with Crippen LogP contribution in [0.15, 0.2) is 52.9 Å². The quantitative estimate of drug-likeness (QED) is 0.364. The maximum Gasteiger partial charge on any atom is 0.285 e. The molecule has 7 atom stereocenters. The topological polar surface area (TPSA) is 77.4 Å². The minimum atomic E-state index is -2.80. The predicted octanol–water partition coefficient (Wildman–Crippen LogP) is 6.31. The first kappa shape index (κ1) is 30.6. The number of fused-ring (bicyclic) bond motifs is 4. The van der Waals surface area contributed by atoms with E-state index in [1.54, 1.807) is 26.5 Å². The first-order valence-electron chi connectivity index (χ1n) is 15.4. The fourth-order valence-corrected chi connectivity index (χ4v) is 9.64. The SMILES string of the molecule is CO[C@H]1/C=C/[C@H](OC)[C@H](C)C[S@](C)(=O)=NC(=O)c2ccc3c(c2)N(C[C@@H]2CC[C@H]21)C[C@@]1(CCCc2cc(Cl)ccc21)CO3. The number of carbonyl (C=O) groups is 1. The zero-order valence-corrected chi connectivity index (χ0v) is 27.2. The van der Waals surface area contributed by atoms with Gasteiger partial charge in [-0.1, -0.05) is 36.7 Å². The van der Waals surface area contributed by atoms with Gasteiger partial charge in [0.05, 0.1) is 34.2 Å². The third-order valence-electron chi connectivity index (χ3n) is 10.1. The summed E-state index contributed by atoms with van der Waals surface area (Å²) in [6.45, 7) is 4.14. The van der Waals surface area contributed by atoms with E-state index >= 15 is 0 Å². The molecular weight excluding hydrogens is 584 g/mol. The van der Waals surface area contributed by atoms with Gasteiger partial charge in [-0.05, 0) is 91.3 Å². The van der Waals surface area contributed by atoms with E-state index in [2.05, 4.69) is 27.5 Å². The van der Waals surface area contributed by atoms with E-state index in [4.69, 9.17) is 25.8 Å². The molecule has 0 unspecified atom stereocenters. The summed E-state index contributed by atoms with van der Waals surface area (Å²) in [4.78, 5) is 15.9. The largest absolute Gasteiger partial charge is 0.490 e. The van der Waals surface area contributed by atoms with Crippen molar-refractivity contribution in [1.29, 1.82) is 0 Å². The number of nitrogens with zero attached hydrogens (tertiary/aromatic N) is 2. The molecule has 6 rings (SSSR count). The molecule has 2 aromatic rings. The van der Waals surface area contributed by atoms with Crippen molar-refractivity contribution >= 4 is 32.9 Å². The lowest BCUT2D eigenvalue weighted by molar-refractivity contribution is 0.0120. The Balaban J connectivity index is 1.45. The van der Waals surface area contributed by atoms with Crippen LogP contribution in [-0.2, 0) is 31.0 Å². The fourth-order valence-electron chi connectivity index (χ4n) is 7.75. The van der Waals surface area contributed by atoms with Gasteiger partial charge in [-0.3, -0.25) is 4.79 Å². The normalized spacial score (nSPS) is 35.0. The molecule has 2 heterocycles. The van der Waals surface area contributed by atoms with Gasteiger partial charge in [0.15, 0.2) is 0 Å². The van der Waals surface area contributed by atoms with Crippen molar-refractivity contribution in [3.8, 4) is 5.75 Å². The lowest BCUT2D eigenvalue weighted by Crippen LogP contribution is -2.49. The van der Waals surface area contributed by atoms with E-state index in [9.17, 15) is 9.00 Å². The van der Waals surface area contributed by atoms with Crippen molar-refractivity contribution in [3.63, 3.8) is 0 Å². The summed E-state index contributed by atoms with van der Waals surface area (Å²) >= 11 is 6.42. The molecule has 4 aliphatic rings. The Kier molecular flexibility index (Phi) is 8.68. The second kappa shape index (κ2) is 12.2. The summed E-state index contributed by atoms with van der Waals surface area (Å²) in [5.74, 6) is 1.23. The van der Waals surface area contributed by atoms with Gasteiger partial charge in [0, 0.05) is 55.3 Å². The van der Waals surface area contributed by atoms with Crippen molar-refractivity contribution in [3.05, 3.63) is 70.3 Å². The number of carbonyl (C=O) groups excluding carboxylic acids is 1. The molecule has 1 spiro atoms. The van der Waals surface area contributed by atoms with Gasteiger partial charge in [-0.15, -0.1) is 0 Å². The minimum Gasteiger partial charge on any atom is -0.490 e. The van der Waals surface area contributed by atoms with Crippen LogP contribution in [-0.4, -0.2) is 68.2 Å². The average molecular weight is 627 g/mol. The van der Waals surface area contributed by atoms with E-state index in [1.165, 1.54) is 11.1 Å². The molecule has 2 bridgehead atoms. The lowest BCUT2D eigenvalue weighted by Gasteiger charge is -2.46. The zero-order valence-electron chi connectivity index (χ0n) is 25.6. The average Bonchev–Trinajstić information content (AvgIpc) is 3.10. The van der Waals surface area contributed by atoms with E-state index < -0.39 is 15.6 Å². The van der Waals surface area contributed by atoms with E-state index in [-0.39, 0.29) is 29.3 Å². The van der Waals surface area contributed by atoms with Gasteiger partial charge in [0.25, 0.3) is 5.91 Å². The summed E-state index contributed by atoms with van der Waals surface area (Å²) in [7, 11) is 0.634. The van der Waals surface area contributed by atoms with E-state index in [0.29, 0.717) is 24.0 Å². The maximum atomic E-state index is 13.6. The van der Waals surface area contributed by atoms with Crippen LogP contribution in [0.4, 0.5) is 5.69 Å². The standard InChI is InChI=1S/C34H43ClN2O5S/c1-22-19-43(4,39)36-33(38)24-8-12-32-29(17-24)37(18-25-7-10-27(25)31(41-3)14-13-30(22)40-2)20-34(21-42-32)15-5-6-23-16-26(35)9-11-28(23)34/h8-9,11-14,16-17,22,25,27,30-31H,5-7,10,15,18-21H2,1-4H3/b14-13+/t22-,25+,27-,30+,31+,34+,43+/m1/s1. The van der Waals surface area contributed by atoms with Crippen LogP contribution >= 0.6 is 11.6 Å². The van der Waals surface area contributed by atoms with Crippen LogP contribution in [0.1, 0.15) is 54.1 Å². The molecule has 1 fully saturated rings. The summed E-state index contributed by atoms with van der Waals surface area (Å²) in [5.41, 5.74) is 3.73. The molecule has 1 saturated carbocycles. The van der Waals surface area contributed by atoms with Crippen LogP contribution < -0.4 is 9.64 Å². The summed E-state index contributed by atoms with van der Waals surface area (Å²) in [6.07, 6.45) is 10.7. The van der Waals surface area contributed by atoms with E-state index in [1.807, 2.05) is 31.2 Å². The van der Waals surface area contributed by atoms with Crippen molar-refractivity contribution in [2.75, 3.05) is 50.8 Å². The molecule has 7 nitrogen and oxygen atoms in total. The molecule has 43 heavy (non-hydrogen) atoms. The lowest BCUT2D eigenvalue weighted by atomic mass is 9.68. The molecule has 9 heteroatoms. The first-order chi connectivity index (χ1) is 20.6. The fraction of sp³-hybridized carbons (Fsp3) is 0.559. The number of aryl methyl sites for hydroxylation is 1. The van der Waals surface area contributed by atoms with Crippen LogP contribution in [0.25, 0.3) is 0 Å². The highest BCUT2D eigenvalue weighted by atomic mass is 35.5. The van der Waals surface area contributed by atoms with Crippen LogP contribution in [0.5, 0.6) is 5.75 Å². The Morgan fingerprint density at radius 2 is 1.88 bits per heavy atom. The molecule has 232 valence electrons. The third kappa shape index (κ3) is 6.13. The number of methoxy groups -OCH3 is 2. The van der Waals surface area contributed by atoms with Crippen molar-refractivity contribution in [1.82, 2.24) is 0 Å². The number of halogens is 1. The highest BCUT2D eigenvalue weighted by Crippen LogP contribution is 2.47. The third-order valence-corrected chi connectivity index (χ3v) is 12.0. The monoisotopic (exact) mass is 626 g/mol. The Labute approximate surface area is 261 Å². The predicted molar refractivity (Wildman–Crippen MR) is 172 cm³/mol. The Morgan fingerprint density at radius 1 is 1.09 bits per heavy atom. The Morgan fingerprint density at radius 3 is 2.63 bits per heavy atom. The van der Waals surface area contributed by atoms with Crippen molar-refractivity contribution < 1.29 is 23.2 Å². The summed E-state index contributed by atoms with van der Waals surface area (Å²) in [6, 6.07) is 11.8. The zero-order chi connectivity index (χ0) is 30.4. The Bertz CT molecular complexity index is 1530. The van der Waals surface area contributed by atoms with Crippen LogP contribution in [0, 0.1) is 17.8 Å². The molecule has 2 aliphatic carbocycles. The molecular formula is C34H43ClN2O5S. The molecule has 0 saturated heterocycles. The number of ether oxygens (including phenoxy) is 3. The molecule has 0 N–H and O–H groups in total. The summed E-state index contributed by atoms with van der Waals surface area (Å²) in [5, 5.41) is 0.763. The number of rotatable bonds is 2. The number of benzene rings is 2. The van der Waals surface area contributed by atoms with Gasteiger partial charge >= 0.3 is 0 Å². The van der Waals surface area contributed by atoms with Gasteiger partial charge < -0.3 is 19.1 Å². The molecule has 0 aromatic heterocycles. The molecule has 1 amide bonds. The highest BCUT2D eigenvalue weighted by Gasteiger charge is 2.44. The van der Waals surface area contributed by atoms with Gasteiger partial charge in [-0.2, -0.15) is 4.36 Å². The van der Waals surface area contributed by atoms with Crippen LogP contribution in [0.2, 0.25) is 5.02 Å². The minimum absolute atomic E-state index is 0.0469. The van der Waals surface area contributed by atoms with Crippen molar-refractivity contribution in [2.45, 2.75) is 56.7 Å². The second-order valence-electron chi connectivity index (χ2n) is 13.1. The first-order valence-corrected chi connectivity index (χ1v) is 17.9. The van der Waals surface area contributed by atoms with Gasteiger partial charge in [-0.25, -0.2) is 4.21 Å². The van der Waals surface area contributed by atoms with Gasteiger partial charge in [0.2, 0.25) is 0 Å². The Hall–Kier alpha value is -2.39. The molecule has 2 aliphatic heterocycles. The number of hydrogen-bond donors (Lipinski definition) is 0. The highest BCUT2D eigenvalue weighted by molar-refractivity contribution is 7.93. The number of amides is 1. The van der Waals surface area contributed by atoms with Crippen LogP contribution in [0.3, 0.4) is 0 Å². The molecule has 2 aromatic carbocycles. The molecule has 0 radical (unpaired) electrons. The van der Waals surface area contributed by atoms with Crippen molar-refractivity contribution in [2.24, 2.45) is 22.1 Å². The smallest absolute Gasteiger partial charge is 0.285 e. The number of hydrogen-bond acceptors (Lipinski definition) is 6. The number of anilines is 1. The second-order valence-corrected chi connectivity index (χ2v) is 15.9. The van der Waals surface area contributed by atoms with Gasteiger partial charge in [0.1, 0.15) is 5.75 Å². The summed E-state index contributed by atoms with van der Waals surface area (Å²) < 4.78 is 36.3. The maximum absolute atomic E-state index is 13.6. The van der Waals surface area contributed by atoms with E-state index in [0.717, 1.165) is 61.7 Å².